The molecule has 0 atom stereocenters. The monoisotopic (exact) mass is 373 g/mol. The summed E-state index contributed by atoms with van der Waals surface area (Å²) in [4.78, 5) is 37.4. The lowest BCUT2D eigenvalue weighted by molar-refractivity contribution is 0.0697. The Labute approximate surface area is 158 Å². The Morgan fingerprint density at radius 1 is 1.26 bits per heavy atom. The summed E-state index contributed by atoms with van der Waals surface area (Å²) in [6, 6.07) is 1.70. The number of piperidine rings is 1. The number of nitrogens with zero attached hydrogens (tertiary/aromatic N) is 4. The summed E-state index contributed by atoms with van der Waals surface area (Å²) in [5, 5.41) is 4.02. The van der Waals surface area contributed by atoms with E-state index in [0.717, 1.165) is 18.5 Å². The number of nitrogens with one attached hydrogen (secondary N) is 1. The van der Waals surface area contributed by atoms with Crippen molar-refractivity contribution in [2.45, 2.75) is 58.8 Å². The number of hydrogen-bond donors (Lipinski definition) is 1. The van der Waals surface area contributed by atoms with Gasteiger partial charge in [0.15, 0.2) is 5.82 Å². The van der Waals surface area contributed by atoms with E-state index >= 15 is 0 Å². The standard InChI is InChI=1S/C19H27N5O3/c1-11(2)9-14-10-15(21-19(26)20-14)18(25)24-7-5-13(6-8-24)17-22-16(12(3)4)23-27-17/h10-13H,5-9H2,1-4H3,(H,20,21,26). The van der Waals surface area contributed by atoms with E-state index in [1.165, 1.54) is 0 Å². The fourth-order valence-electron chi connectivity index (χ4n) is 3.31. The van der Waals surface area contributed by atoms with Crippen molar-refractivity contribution in [3.63, 3.8) is 0 Å². The van der Waals surface area contributed by atoms with Gasteiger partial charge in [0.2, 0.25) is 5.89 Å². The fraction of sp³-hybridized carbons (Fsp3) is 0.632. The zero-order valence-electron chi connectivity index (χ0n) is 16.4. The second kappa shape index (κ2) is 8.02. The summed E-state index contributed by atoms with van der Waals surface area (Å²) in [6.45, 7) is 9.34. The van der Waals surface area contributed by atoms with Crippen LogP contribution in [0.4, 0.5) is 0 Å². The predicted octanol–water partition coefficient (Wildman–Crippen LogP) is 2.49. The minimum Gasteiger partial charge on any atom is -0.339 e. The van der Waals surface area contributed by atoms with Gasteiger partial charge in [0.1, 0.15) is 5.69 Å². The minimum atomic E-state index is -0.474. The summed E-state index contributed by atoms with van der Waals surface area (Å²) in [7, 11) is 0. The van der Waals surface area contributed by atoms with E-state index < -0.39 is 5.69 Å². The molecule has 146 valence electrons. The van der Waals surface area contributed by atoms with E-state index in [4.69, 9.17) is 4.52 Å². The summed E-state index contributed by atoms with van der Waals surface area (Å²) in [6.07, 6.45) is 2.22. The molecule has 2 aromatic rings. The number of amides is 1. The zero-order chi connectivity index (χ0) is 19.6. The lowest BCUT2D eigenvalue weighted by atomic mass is 9.96. The maximum absolute atomic E-state index is 12.8. The molecule has 0 aliphatic carbocycles. The molecule has 1 aliphatic heterocycles. The first kappa shape index (κ1) is 19.3. The van der Waals surface area contributed by atoms with E-state index in [-0.39, 0.29) is 23.4 Å². The molecular weight excluding hydrogens is 346 g/mol. The van der Waals surface area contributed by atoms with Crippen LogP contribution >= 0.6 is 0 Å². The van der Waals surface area contributed by atoms with E-state index in [1.54, 1.807) is 11.0 Å². The first-order chi connectivity index (χ1) is 12.8. The molecule has 8 heteroatoms. The Balaban J connectivity index is 1.66. The Bertz CT molecular complexity index is 847. The molecule has 3 heterocycles. The first-order valence-electron chi connectivity index (χ1n) is 9.56. The molecule has 1 amide bonds. The van der Waals surface area contributed by atoms with Gasteiger partial charge in [0.05, 0.1) is 0 Å². The van der Waals surface area contributed by atoms with Crippen LogP contribution in [0.5, 0.6) is 0 Å². The van der Waals surface area contributed by atoms with Gasteiger partial charge in [0.25, 0.3) is 5.91 Å². The van der Waals surface area contributed by atoms with E-state index in [9.17, 15) is 9.59 Å². The average Bonchev–Trinajstić information content (AvgIpc) is 3.10. The van der Waals surface area contributed by atoms with Crippen LogP contribution in [-0.4, -0.2) is 44.0 Å². The third-order valence-electron chi connectivity index (χ3n) is 4.75. The summed E-state index contributed by atoms with van der Waals surface area (Å²) in [5.41, 5.74) is 0.488. The van der Waals surface area contributed by atoms with Crippen molar-refractivity contribution in [3.05, 3.63) is 39.7 Å². The van der Waals surface area contributed by atoms with Crippen molar-refractivity contribution in [3.8, 4) is 0 Å². The first-order valence-corrected chi connectivity index (χ1v) is 9.56. The van der Waals surface area contributed by atoms with Crippen molar-refractivity contribution >= 4 is 5.91 Å². The molecule has 0 unspecified atom stereocenters. The highest BCUT2D eigenvalue weighted by Gasteiger charge is 2.29. The topological polar surface area (TPSA) is 105 Å². The van der Waals surface area contributed by atoms with Gasteiger partial charge in [-0.25, -0.2) is 4.79 Å². The largest absolute Gasteiger partial charge is 0.345 e. The minimum absolute atomic E-state index is 0.165. The molecule has 0 bridgehead atoms. The lowest BCUT2D eigenvalue weighted by Crippen LogP contribution is -2.39. The fourth-order valence-corrected chi connectivity index (χ4v) is 3.31. The number of H-pyrrole nitrogens is 1. The summed E-state index contributed by atoms with van der Waals surface area (Å²) >= 11 is 0. The molecule has 1 aliphatic rings. The van der Waals surface area contributed by atoms with E-state index in [0.29, 0.717) is 37.1 Å². The van der Waals surface area contributed by atoms with Gasteiger partial charge >= 0.3 is 5.69 Å². The quantitative estimate of drug-likeness (QED) is 0.863. The molecule has 0 radical (unpaired) electrons. The van der Waals surface area contributed by atoms with Gasteiger partial charge in [-0.05, 0) is 31.2 Å². The van der Waals surface area contributed by atoms with Gasteiger partial charge in [-0.3, -0.25) is 4.79 Å². The number of hydrogen-bond acceptors (Lipinski definition) is 6. The van der Waals surface area contributed by atoms with Crippen molar-refractivity contribution < 1.29 is 9.32 Å². The Morgan fingerprint density at radius 2 is 1.96 bits per heavy atom. The van der Waals surface area contributed by atoms with Gasteiger partial charge in [0, 0.05) is 30.6 Å². The SMILES string of the molecule is CC(C)Cc1cc(C(=O)N2CCC(c3nc(C(C)C)no3)CC2)nc(=O)[nH]1. The average molecular weight is 373 g/mol. The van der Waals surface area contributed by atoms with Gasteiger partial charge in [-0.2, -0.15) is 9.97 Å². The molecule has 2 aromatic heterocycles. The second-order valence-electron chi connectivity index (χ2n) is 7.91. The number of likely N-dealkylation sites (tertiary alicyclic amines) is 1. The number of aromatic amines is 1. The van der Waals surface area contributed by atoms with Crippen LogP contribution in [-0.2, 0) is 6.42 Å². The normalized spacial score (nSPS) is 15.7. The predicted molar refractivity (Wildman–Crippen MR) is 99.7 cm³/mol. The zero-order valence-corrected chi connectivity index (χ0v) is 16.4. The molecule has 0 aromatic carbocycles. The molecule has 1 fully saturated rings. The highest BCUT2D eigenvalue weighted by molar-refractivity contribution is 5.92. The van der Waals surface area contributed by atoms with Gasteiger partial charge in [-0.15, -0.1) is 0 Å². The number of carbonyl (C=O) groups is 1. The molecule has 3 rings (SSSR count). The van der Waals surface area contributed by atoms with Crippen LogP contribution in [0.3, 0.4) is 0 Å². The third kappa shape index (κ3) is 4.61. The Morgan fingerprint density at radius 3 is 2.56 bits per heavy atom. The molecular formula is C19H27N5O3. The van der Waals surface area contributed by atoms with Crippen LogP contribution < -0.4 is 5.69 Å². The molecule has 8 nitrogen and oxygen atoms in total. The van der Waals surface area contributed by atoms with Crippen LogP contribution in [0, 0.1) is 5.92 Å². The van der Waals surface area contributed by atoms with Crippen molar-refractivity contribution in [1.29, 1.82) is 0 Å². The number of carbonyl (C=O) groups excluding carboxylic acids is 1. The number of rotatable bonds is 5. The molecule has 1 N–H and O–H groups in total. The number of aromatic nitrogens is 4. The van der Waals surface area contributed by atoms with Gasteiger partial charge in [-0.1, -0.05) is 32.9 Å². The van der Waals surface area contributed by atoms with Crippen molar-refractivity contribution in [2.75, 3.05) is 13.1 Å². The van der Waals surface area contributed by atoms with Crippen LogP contribution in [0.1, 0.15) is 80.3 Å². The Kier molecular flexibility index (Phi) is 5.72. The summed E-state index contributed by atoms with van der Waals surface area (Å²) in [5.74, 6) is 1.95. The summed E-state index contributed by atoms with van der Waals surface area (Å²) < 4.78 is 5.39. The van der Waals surface area contributed by atoms with E-state index in [1.807, 2.05) is 13.8 Å². The van der Waals surface area contributed by atoms with Crippen LogP contribution in [0.25, 0.3) is 0 Å². The Hall–Kier alpha value is -2.51. The molecule has 0 spiro atoms. The second-order valence-corrected chi connectivity index (χ2v) is 7.91. The highest BCUT2D eigenvalue weighted by Crippen LogP contribution is 2.28. The van der Waals surface area contributed by atoms with E-state index in [2.05, 4.69) is 34.0 Å². The van der Waals surface area contributed by atoms with Crippen molar-refractivity contribution in [1.82, 2.24) is 25.0 Å². The highest BCUT2D eigenvalue weighted by atomic mass is 16.5. The molecule has 0 saturated carbocycles. The van der Waals surface area contributed by atoms with Gasteiger partial charge < -0.3 is 14.4 Å². The maximum Gasteiger partial charge on any atom is 0.345 e. The smallest absolute Gasteiger partial charge is 0.339 e. The lowest BCUT2D eigenvalue weighted by Gasteiger charge is -2.30. The van der Waals surface area contributed by atoms with Crippen LogP contribution in [0.15, 0.2) is 15.4 Å². The third-order valence-corrected chi connectivity index (χ3v) is 4.75. The van der Waals surface area contributed by atoms with Crippen LogP contribution in [0.2, 0.25) is 0 Å². The molecule has 27 heavy (non-hydrogen) atoms. The van der Waals surface area contributed by atoms with Crippen molar-refractivity contribution in [2.24, 2.45) is 5.92 Å². The molecule has 1 saturated heterocycles. The maximum atomic E-state index is 12.8.